The third kappa shape index (κ3) is 5.39. The Hall–Kier alpha value is -3.46. The molecule has 1 aliphatic carbocycles. The summed E-state index contributed by atoms with van der Waals surface area (Å²) in [6, 6.07) is 13.0. The molecule has 42 heavy (non-hydrogen) atoms. The zero-order chi connectivity index (χ0) is 29.6. The molecule has 1 aromatic heterocycles. The first kappa shape index (κ1) is 28.6. The Kier molecular flexibility index (Phi) is 7.50. The van der Waals surface area contributed by atoms with Gasteiger partial charge in [-0.3, -0.25) is 4.90 Å². The molecule has 3 aromatic rings. The van der Waals surface area contributed by atoms with Crippen LogP contribution in [-0.2, 0) is 42.9 Å². The number of aliphatic hydroxyl groups is 1. The Morgan fingerprint density at radius 1 is 1.21 bits per heavy atom. The maximum atomic E-state index is 14.4. The molecule has 0 amide bonds. The van der Waals surface area contributed by atoms with Crippen molar-refractivity contribution >= 4 is 5.69 Å². The second kappa shape index (κ2) is 11.0. The highest BCUT2D eigenvalue weighted by atomic mass is 19.4. The molecule has 2 fully saturated rings. The number of anilines is 1. The maximum absolute atomic E-state index is 14.4. The Morgan fingerprint density at radius 2 is 2.02 bits per heavy atom. The van der Waals surface area contributed by atoms with E-state index in [0.717, 1.165) is 24.4 Å². The number of aliphatic hydroxyl groups excluding tert-OH is 1. The zero-order valence-corrected chi connectivity index (χ0v) is 23.8. The van der Waals surface area contributed by atoms with Gasteiger partial charge in [0.1, 0.15) is 12.2 Å². The number of ether oxygens (including phenoxy) is 1. The summed E-state index contributed by atoms with van der Waals surface area (Å²) in [6.45, 7) is 4.30. The van der Waals surface area contributed by atoms with Crippen LogP contribution in [0.1, 0.15) is 66.1 Å². The largest absolute Gasteiger partial charge is 0.416 e. The Bertz CT molecular complexity index is 1490. The standard InChI is InChI=1S/C31H35F3N6O2/c1-20-16-39(7-4-8-42-20)17-21-9-25-26(27(10-21)31(32,33)34)18-40(29(25)41)24-6-3-5-23(11-24)30(12-22(13-30)15-35)14-28-37-36-19-38(28)2/h3,5-6,9-11,19-20,22,29,41H,4,7-8,12-14,16-18H2,1-2H3/t20?,22-,29?,30-. The molecule has 8 nitrogen and oxygen atoms in total. The normalized spacial score (nSPS) is 26.4. The van der Waals surface area contributed by atoms with Crippen molar-refractivity contribution in [2.75, 3.05) is 24.6 Å². The van der Waals surface area contributed by atoms with Crippen molar-refractivity contribution in [3.63, 3.8) is 0 Å². The summed E-state index contributed by atoms with van der Waals surface area (Å²) in [5.41, 5.74) is 1.53. The maximum Gasteiger partial charge on any atom is 0.416 e. The molecule has 0 bridgehead atoms. The lowest BCUT2D eigenvalue weighted by Gasteiger charge is -2.45. The van der Waals surface area contributed by atoms with Gasteiger partial charge in [0.05, 0.1) is 17.7 Å². The molecule has 11 heteroatoms. The van der Waals surface area contributed by atoms with E-state index in [4.69, 9.17) is 4.74 Å². The van der Waals surface area contributed by atoms with Gasteiger partial charge in [-0.25, -0.2) is 0 Å². The topological polar surface area (TPSA) is 90.4 Å². The van der Waals surface area contributed by atoms with Crippen molar-refractivity contribution in [3.8, 4) is 6.07 Å². The van der Waals surface area contributed by atoms with E-state index in [-0.39, 0.29) is 29.5 Å². The van der Waals surface area contributed by atoms with Crippen molar-refractivity contribution in [1.29, 1.82) is 5.26 Å². The highest BCUT2D eigenvalue weighted by molar-refractivity contribution is 5.58. The van der Waals surface area contributed by atoms with Crippen LogP contribution in [0.3, 0.4) is 0 Å². The highest BCUT2D eigenvalue weighted by Gasteiger charge is 2.47. The number of benzene rings is 2. The smallest absolute Gasteiger partial charge is 0.377 e. The average molecular weight is 581 g/mol. The number of alkyl halides is 3. The van der Waals surface area contributed by atoms with Crippen molar-refractivity contribution < 1.29 is 23.0 Å². The minimum Gasteiger partial charge on any atom is -0.377 e. The van der Waals surface area contributed by atoms with Gasteiger partial charge in [-0.15, -0.1) is 10.2 Å². The van der Waals surface area contributed by atoms with Crippen molar-refractivity contribution in [2.24, 2.45) is 13.0 Å². The molecule has 2 aliphatic heterocycles. The third-order valence-corrected chi connectivity index (χ3v) is 9.04. The lowest BCUT2D eigenvalue weighted by molar-refractivity contribution is -0.138. The minimum absolute atomic E-state index is 0.00781. The first-order valence-electron chi connectivity index (χ1n) is 14.4. The van der Waals surface area contributed by atoms with Crippen LogP contribution in [0.4, 0.5) is 18.9 Å². The fourth-order valence-corrected chi connectivity index (χ4v) is 6.89. The van der Waals surface area contributed by atoms with Gasteiger partial charge in [0.25, 0.3) is 0 Å². The van der Waals surface area contributed by atoms with E-state index in [1.807, 2.05) is 42.8 Å². The number of halogens is 3. The van der Waals surface area contributed by atoms with Gasteiger partial charge in [0.15, 0.2) is 6.23 Å². The molecular weight excluding hydrogens is 545 g/mol. The van der Waals surface area contributed by atoms with Gasteiger partial charge in [-0.1, -0.05) is 12.1 Å². The van der Waals surface area contributed by atoms with Crippen LogP contribution < -0.4 is 4.90 Å². The summed E-state index contributed by atoms with van der Waals surface area (Å²) in [6.07, 6.45) is -1.39. The lowest BCUT2D eigenvalue weighted by Crippen LogP contribution is -2.43. The van der Waals surface area contributed by atoms with Crippen molar-refractivity contribution in [3.05, 3.63) is 76.4 Å². The van der Waals surface area contributed by atoms with Crippen LogP contribution in [0, 0.1) is 17.2 Å². The number of rotatable bonds is 6. The fraction of sp³-hybridized carbons (Fsp3) is 0.516. The second-order valence-corrected chi connectivity index (χ2v) is 12.1. The predicted octanol–water partition coefficient (Wildman–Crippen LogP) is 4.87. The first-order chi connectivity index (χ1) is 20.1. The highest BCUT2D eigenvalue weighted by Crippen LogP contribution is 2.51. The van der Waals surface area contributed by atoms with Crippen LogP contribution in [0.5, 0.6) is 0 Å². The van der Waals surface area contributed by atoms with E-state index in [2.05, 4.69) is 21.2 Å². The van der Waals surface area contributed by atoms with Crippen LogP contribution in [0.25, 0.3) is 0 Å². The molecule has 1 saturated carbocycles. The molecule has 6 rings (SSSR count). The molecule has 1 saturated heterocycles. The summed E-state index contributed by atoms with van der Waals surface area (Å²) in [7, 11) is 1.88. The summed E-state index contributed by atoms with van der Waals surface area (Å²) in [4.78, 5) is 3.75. The number of fused-ring (bicyclic) bond motifs is 1. The third-order valence-electron chi connectivity index (χ3n) is 9.04. The number of nitrogens with zero attached hydrogens (tertiary/aromatic N) is 6. The molecule has 0 spiro atoms. The molecule has 3 aliphatic rings. The van der Waals surface area contributed by atoms with Crippen LogP contribution in [0.2, 0.25) is 0 Å². The average Bonchev–Trinajstić information content (AvgIpc) is 3.41. The Morgan fingerprint density at radius 3 is 2.74 bits per heavy atom. The predicted molar refractivity (Wildman–Crippen MR) is 149 cm³/mol. The summed E-state index contributed by atoms with van der Waals surface area (Å²) in [5.74, 6) is 0.730. The van der Waals surface area contributed by atoms with Crippen molar-refractivity contribution in [2.45, 2.75) is 69.6 Å². The van der Waals surface area contributed by atoms with E-state index < -0.39 is 18.0 Å². The lowest BCUT2D eigenvalue weighted by atomic mass is 9.57. The summed E-state index contributed by atoms with van der Waals surface area (Å²) < 4.78 is 50.7. The molecular formula is C31H35F3N6O2. The molecule has 2 aromatic carbocycles. The number of aromatic nitrogens is 3. The van der Waals surface area contributed by atoms with E-state index in [1.54, 1.807) is 17.3 Å². The number of hydrogen-bond donors (Lipinski definition) is 1. The summed E-state index contributed by atoms with van der Waals surface area (Å²) in [5, 5.41) is 29.2. The monoisotopic (exact) mass is 580 g/mol. The molecule has 3 heterocycles. The van der Waals surface area contributed by atoms with Crippen molar-refractivity contribution in [1.82, 2.24) is 19.7 Å². The van der Waals surface area contributed by atoms with Crippen LogP contribution in [0.15, 0.2) is 42.7 Å². The fourth-order valence-electron chi connectivity index (χ4n) is 6.89. The van der Waals surface area contributed by atoms with E-state index in [9.17, 15) is 23.5 Å². The molecule has 2 atom stereocenters. The van der Waals surface area contributed by atoms with Gasteiger partial charge in [0, 0.05) is 68.8 Å². The molecule has 1 N–H and O–H groups in total. The van der Waals surface area contributed by atoms with E-state index in [1.165, 1.54) is 6.07 Å². The summed E-state index contributed by atoms with van der Waals surface area (Å²) >= 11 is 0. The van der Waals surface area contributed by atoms with Gasteiger partial charge in [-0.2, -0.15) is 18.4 Å². The second-order valence-electron chi connectivity index (χ2n) is 12.1. The first-order valence-corrected chi connectivity index (χ1v) is 14.4. The van der Waals surface area contributed by atoms with Gasteiger partial charge in [-0.05, 0) is 67.1 Å². The number of aryl methyl sites for hydroxylation is 1. The quantitative estimate of drug-likeness (QED) is 0.445. The molecule has 0 radical (unpaired) electrons. The number of nitriles is 1. The van der Waals surface area contributed by atoms with Gasteiger partial charge in [0.2, 0.25) is 0 Å². The molecule has 2 unspecified atom stereocenters. The Balaban J connectivity index is 1.31. The van der Waals surface area contributed by atoms with E-state index >= 15 is 0 Å². The van der Waals surface area contributed by atoms with Gasteiger partial charge >= 0.3 is 6.18 Å². The van der Waals surface area contributed by atoms with Crippen LogP contribution in [-0.4, -0.2) is 50.6 Å². The zero-order valence-electron chi connectivity index (χ0n) is 23.8. The van der Waals surface area contributed by atoms with Crippen LogP contribution >= 0.6 is 0 Å². The van der Waals surface area contributed by atoms with Gasteiger partial charge < -0.3 is 19.3 Å². The minimum atomic E-state index is -4.55. The number of hydrogen-bond acceptors (Lipinski definition) is 7. The van der Waals surface area contributed by atoms with E-state index in [0.29, 0.717) is 55.8 Å². The Labute approximate surface area is 243 Å². The molecule has 222 valence electrons. The SMILES string of the molecule is CC1CN(Cc2cc3c(c(C(F)(F)F)c2)CN(c2cccc([C@]4(Cc5nncn5C)C[C@@H](C#N)C4)c2)C3O)CCCO1.